The molecule has 1 unspecified atom stereocenters. The van der Waals surface area contributed by atoms with Crippen molar-refractivity contribution in [1.29, 1.82) is 0 Å². The molecule has 1 atom stereocenters. The van der Waals surface area contributed by atoms with Gasteiger partial charge in [-0.3, -0.25) is 9.36 Å². The predicted octanol–water partition coefficient (Wildman–Crippen LogP) is 3.11. The molecule has 0 spiro atoms. The van der Waals surface area contributed by atoms with E-state index < -0.39 is 11.7 Å². The van der Waals surface area contributed by atoms with Gasteiger partial charge in [0.1, 0.15) is 5.15 Å². The van der Waals surface area contributed by atoms with Crippen LogP contribution in [0.2, 0.25) is 10.2 Å². The Morgan fingerprint density at radius 2 is 2.12 bits per heavy atom. The Hall–Kier alpha value is -1.99. The number of rotatable bonds is 4. The van der Waals surface area contributed by atoms with E-state index in [-0.39, 0.29) is 22.7 Å². The molecule has 0 aromatic carbocycles. The number of halogens is 2. The summed E-state index contributed by atoms with van der Waals surface area (Å²) in [6.07, 6.45) is 1.62. The summed E-state index contributed by atoms with van der Waals surface area (Å²) in [6.45, 7) is 1.97. The Morgan fingerprint density at radius 3 is 2.83 bits per heavy atom. The molecule has 0 bridgehead atoms. The van der Waals surface area contributed by atoms with Gasteiger partial charge in [0.25, 0.3) is 0 Å². The van der Waals surface area contributed by atoms with Crippen molar-refractivity contribution in [2.75, 3.05) is 6.61 Å². The highest BCUT2D eigenvalue weighted by molar-refractivity contribution is 6.32. The number of nitrogens with zero attached hydrogens (tertiary/aromatic N) is 3. The molecule has 0 fully saturated rings. The van der Waals surface area contributed by atoms with Crippen molar-refractivity contribution in [2.45, 2.75) is 13.2 Å². The highest BCUT2D eigenvalue weighted by atomic mass is 35.5. The molecule has 1 N–H and O–H groups in total. The molecule has 0 aliphatic heterocycles. The molecule has 6 nitrogen and oxygen atoms in total. The fraction of sp³-hybridized carbons (Fsp3) is 0.188. The Kier molecular flexibility index (Phi) is 4.82. The van der Waals surface area contributed by atoms with Gasteiger partial charge in [0.05, 0.1) is 16.0 Å². The van der Waals surface area contributed by atoms with Crippen molar-refractivity contribution in [1.82, 2.24) is 14.5 Å². The molecule has 0 amide bonds. The summed E-state index contributed by atoms with van der Waals surface area (Å²) < 4.78 is 6.66. The first-order valence-electron chi connectivity index (χ1n) is 7.15. The van der Waals surface area contributed by atoms with Crippen molar-refractivity contribution in [2.24, 2.45) is 0 Å². The molecular formula is C16H13Cl2N3O3. The Balaban J connectivity index is 2.38. The van der Waals surface area contributed by atoms with E-state index in [4.69, 9.17) is 27.9 Å². The minimum Gasteiger partial charge on any atom is -0.364 e. The molecule has 0 aliphatic carbocycles. The normalized spacial score (nSPS) is 12.5. The highest BCUT2D eigenvalue weighted by Crippen LogP contribution is 2.24. The standard InChI is InChI=1S/C16H13Cl2N3O3/c1-2-24-16(23)10-8-21(15-11(17)4-3-7-19-15)14-9(13(10)22)5-6-12(18)20-14/h3-8,16,23H,2H2,1H3. The van der Waals surface area contributed by atoms with E-state index in [1.165, 1.54) is 16.8 Å². The van der Waals surface area contributed by atoms with E-state index >= 15 is 0 Å². The van der Waals surface area contributed by atoms with Crippen LogP contribution < -0.4 is 5.43 Å². The molecule has 3 rings (SSSR count). The molecule has 3 heterocycles. The van der Waals surface area contributed by atoms with Gasteiger partial charge in [0, 0.05) is 19.0 Å². The minimum atomic E-state index is -1.36. The van der Waals surface area contributed by atoms with Gasteiger partial charge in [0.2, 0.25) is 0 Å². The average Bonchev–Trinajstić information content (AvgIpc) is 2.56. The lowest BCUT2D eigenvalue weighted by atomic mass is 10.2. The highest BCUT2D eigenvalue weighted by Gasteiger charge is 2.19. The van der Waals surface area contributed by atoms with Crippen molar-refractivity contribution < 1.29 is 9.84 Å². The van der Waals surface area contributed by atoms with E-state index in [0.29, 0.717) is 16.5 Å². The van der Waals surface area contributed by atoms with Crippen LogP contribution >= 0.6 is 23.2 Å². The van der Waals surface area contributed by atoms with Crippen molar-refractivity contribution in [3.05, 3.63) is 62.6 Å². The van der Waals surface area contributed by atoms with Crippen LogP contribution in [0.3, 0.4) is 0 Å². The zero-order valence-electron chi connectivity index (χ0n) is 12.6. The third-order valence-corrected chi connectivity index (χ3v) is 3.91. The second-order valence-electron chi connectivity index (χ2n) is 4.91. The molecule has 3 aromatic heterocycles. The van der Waals surface area contributed by atoms with Gasteiger partial charge in [-0.05, 0) is 31.2 Å². The monoisotopic (exact) mass is 365 g/mol. The minimum absolute atomic E-state index is 0.0650. The van der Waals surface area contributed by atoms with Crippen LogP contribution in [0.15, 0.2) is 41.5 Å². The van der Waals surface area contributed by atoms with Crippen LogP contribution in [0.25, 0.3) is 16.9 Å². The van der Waals surface area contributed by atoms with Crippen LogP contribution in [0.4, 0.5) is 0 Å². The number of hydrogen-bond acceptors (Lipinski definition) is 5. The second-order valence-corrected chi connectivity index (χ2v) is 5.70. The summed E-state index contributed by atoms with van der Waals surface area (Å²) in [6, 6.07) is 6.40. The van der Waals surface area contributed by atoms with Gasteiger partial charge in [0.15, 0.2) is 23.2 Å². The fourth-order valence-electron chi connectivity index (χ4n) is 2.34. The number of aromatic nitrogens is 3. The first kappa shape index (κ1) is 16.9. The number of aliphatic hydroxyl groups is 1. The zero-order chi connectivity index (χ0) is 17.3. The zero-order valence-corrected chi connectivity index (χ0v) is 14.1. The molecule has 124 valence electrons. The van der Waals surface area contributed by atoms with E-state index in [9.17, 15) is 9.90 Å². The fourth-order valence-corrected chi connectivity index (χ4v) is 2.70. The summed E-state index contributed by atoms with van der Waals surface area (Å²) in [4.78, 5) is 21.1. The van der Waals surface area contributed by atoms with Gasteiger partial charge < -0.3 is 9.84 Å². The number of pyridine rings is 3. The quantitative estimate of drug-likeness (QED) is 0.567. The lowest BCUT2D eigenvalue weighted by molar-refractivity contribution is -0.0987. The Morgan fingerprint density at radius 1 is 1.33 bits per heavy atom. The van der Waals surface area contributed by atoms with E-state index in [1.807, 2.05) is 0 Å². The third-order valence-electron chi connectivity index (χ3n) is 3.40. The molecule has 0 aliphatic rings. The Labute approximate surface area is 147 Å². The van der Waals surface area contributed by atoms with Gasteiger partial charge in [-0.15, -0.1) is 0 Å². The average molecular weight is 366 g/mol. The first-order chi connectivity index (χ1) is 11.5. The van der Waals surface area contributed by atoms with Crippen molar-refractivity contribution in [3.63, 3.8) is 0 Å². The van der Waals surface area contributed by atoms with Gasteiger partial charge >= 0.3 is 0 Å². The SMILES string of the molecule is CCOC(O)c1cn(-c2ncccc2Cl)c2nc(Cl)ccc2c1=O. The maximum atomic E-state index is 12.6. The predicted molar refractivity (Wildman–Crippen MR) is 91.7 cm³/mol. The Bertz CT molecular complexity index is 959. The van der Waals surface area contributed by atoms with Gasteiger partial charge in [-0.1, -0.05) is 23.2 Å². The summed E-state index contributed by atoms with van der Waals surface area (Å²) in [5.41, 5.74) is -0.0332. The van der Waals surface area contributed by atoms with E-state index in [0.717, 1.165) is 0 Å². The van der Waals surface area contributed by atoms with Crippen LogP contribution in [0.5, 0.6) is 0 Å². The van der Waals surface area contributed by atoms with Crippen LogP contribution in [-0.2, 0) is 4.74 Å². The van der Waals surface area contributed by atoms with Gasteiger partial charge in [-0.2, -0.15) is 0 Å². The molecular weight excluding hydrogens is 353 g/mol. The lowest BCUT2D eigenvalue weighted by Crippen LogP contribution is -2.20. The summed E-state index contributed by atoms with van der Waals surface area (Å²) in [7, 11) is 0. The molecule has 0 saturated heterocycles. The first-order valence-corrected chi connectivity index (χ1v) is 7.91. The maximum absolute atomic E-state index is 12.6. The smallest absolute Gasteiger partial charge is 0.199 e. The van der Waals surface area contributed by atoms with Crippen LogP contribution in [0, 0.1) is 0 Å². The third kappa shape index (κ3) is 3.01. The number of aliphatic hydroxyl groups excluding tert-OH is 1. The lowest BCUT2D eigenvalue weighted by Gasteiger charge is -2.16. The van der Waals surface area contributed by atoms with Crippen molar-refractivity contribution in [3.8, 4) is 5.82 Å². The van der Waals surface area contributed by atoms with Crippen LogP contribution in [0.1, 0.15) is 18.8 Å². The number of fused-ring (bicyclic) bond motifs is 1. The largest absolute Gasteiger partial charge is 0.364 e. The van der Waals surface area contributed by atoms with Crippen molar-refractivity contribution >= 4 is 34.2 Å². The van der Waals surface area contributed by atoms with E-state index in [1.54, 1.807) is 31.3 Å². The summed E-state index contributed by atoms with van der Waals surface area (Å²) in [5, 5.41) is 11.0. The molecule has 0 saturated carbocycles. The number of hydrogen-bond donors (Lipinski definition) is 1. The molecule has 3 aromatic rings. The maximum Gasteiger partial charge on any atom is 0.199 e. The van der Waals surface area contributed by atoms with Gasteiger partial charge in [-0.25, -0.2) is 9.97 Å². The summed E-state index contributed by atoms with van der Waals surface area (Å²) in [5.74, 6) is 0.365. The van der Waals surface area contributed by atoms with Crippen LogP contribution in [-0.4, -0.2) is 26.2 Å². The number of ether oxygens (including phenoxy) is 1. The topological polar surface area (TPSA) is 77.2 Å². The molecule has 24 heavy (non-hydrogen) atoms. The molecule has 0 radical (unpaired) electrons. The molecule has 8 heteroatoms. The van der Waals surface area contributed by atoms with E-state index in [2.05, 4.69) is 9.97 Å². The summed E-state index contributed by atoms with van der Waals surface area (Å²) >= 11 is 12.2. The second kappa shape index (κ2) is 6.86.